The van der Waals surface area contributed by atoms with E-state index in [9.17, 15) is 4.79 Å². The molecule has 0 spiro atoms. The Morgan fingerprint density at radius 3 is 2.71 bits per heavy atom. The summed E-state index contributed by atoms with van der Waals surface area (Å²) in [4.78, 5) is 17.0. The van der Waals surface area contributed by atoms with Gasteiger partial charge in [0.05, 0.1) is 11.1 Å². The first-order valence-corrected chi connectivity index (χ1v) is 7.16. The van der Waals surface area contributed by atoms with Crippen molar-refractivity contribution in [1.82, 2.24) is 10.3 Å². The van der Waals surface area contributed by atoms with Crippen LogP contribution in [-0.4, -0.2) is 16.4 Å². The van der Waals surface area contributed by atoms with Crippen molar-refractivity contribution in [3.63, 3.8) is 0 Å². The van der Waals surface area contributed by atoms with Gasteiger partial charge >= 0.3 is 0 Å². The van der Waals surface area contributed by atoms with Crippen molar-refractivity contribution in [1.29, 1.82) is 0 Å². The first kappa shape index (κ1) is 15.3. The molecule has 5 heteroatoms. The molecule has 2 aromatic rings. The Hall–Kier alpha value is -2.14. The van der Waals surface area contributed by atoms with Crippen molar-refractivity contribution in [3.8, 4) is 0 Å². The average molecular weight is 286 g/mol. The Labute approximate surface area is 124 Å². The molecule has 1 aromatic heterocycles. The second kappa shape index (κ2) is 6.10. The number of para-hydroxylation sites is 1. The first-order valence-electron chi connectivity index (χ1n) is 7.16. The zero-order chi connectivity index (χ0) is 15.5. The van der Waals surface area contributed by atoms with Gasteiger partial charge in [0.1, 0.15) is 5.82 Å². The van der Waals surface area contributed by atoms with E-state index >= 15 is 0 Å². The summed E-state index contributed by atoms with van der Waals surface area (Å²) >= 11 is 0. The van der Waals surface area contributed by atoms with Crippen LogP contribution in [0.25, 0.3) is 10.9 Å². The number of nitrogens with zero attached hydrogens (tertiary/aromatic N) is 1. The Morgan fingerprint density at radius 1 is 1.33 bits per heavy atom. The Kier molecular flexibility index (Phi) is 4.43. The van der Waals surface area contributed by atoms with E-state index in [0.717, 1.165) is 23.7 Å². The fourth-order valence-corrected chi connectivity index (χ4v) is 2.50. The van der Waals surface area contributed by atoms with E-state index in [1.165, 1.54) is 0 Å². The Morgan fingerprint density at radius 2 is 2.05 bits per heavy atom. The van der Waals surface area contributed by atoms with Gasteiger partial charge in [-0.3, -0.25) is 4.79 Å². The zero-order valence-electron chi connectivity index (χ0n) is 12.7. The van der Waals surface area contributed by atoms with E-state index in [-0.39, 0.29) is 11.4 Å². The lowest BCUT2D eigenvalue weighted by Gasteiger charge is -2.26. The van der Waals surface area contributed by atoms with Gasteiger partial charge in [0.15, 0.2) is 0 Å². The lowest BCUT2D eigenvalue weighted by molar-refractivity contribution is 0.0910. The number of nitrogens with two attached hydrogens (primary N) is 1. The van der Waals surface area contributed by atoms with Crippen LogP contribution in [0.1, 0.15) is 44.0 Å². The van der Waals surface area contributed by atoms with E-state index in [0.29, 0.717) is 11.4 Å². The van der Waals surface area contributed by atoms with Crippen molar-refractivity contribution >= 4 is 22.6 Å². The molecule has 0 bridgehead atoms. The topological polar surface area (TPSA) is 80.0 Å². The van der Waals surface area contributed by atoms with E-state index in [2.05, 4.69) is 22.7 Å². The molecule has 0 aliphatic rings. The molecule has 0 unspecified atom stereocenters. The number of rotatable bonds is 5. The average Bonchev–Trinajstić information content (AvgIpc) is 2.45. The van der Waals surface area contributed by atoms with Crippen molar-refractivity contribution in [3.05, 3.63) is 35.9 Å². The third-order valence-electron chi connectivity index (χ3n) is 3.44. The standard InChI is InChI=1S/C16H22N4O/c1-4-9-16(2,3)19-15(21)12-10-14(20-17)18-13-8-6-5-7-11(12)13/h5-8,10H,4,9,17H2,1-3H3,(H,18,20)(H,19,21). The number of fused-ring (bicyclic) bond motifs is 1. The third-order valence-corrected chi connectivity index (χ3v) is 3.44. The summed E-state index contributed by atoms with van der Waals surface area (Å²) in [5, 5.41) is 3.90. The fraction of sp³-hybridized carbons (Fsp3) is 0.375. The van der Waals surface area contributed by atoms with Crippen LogP contribution in [0, 0.1) is 0 Å². The summed E-state index contributed by atoms with van der Waals surface area (Å²) < 4.78 is 0. The summed E-state index contributed by atoms with van der Waals surface area (Å²) in [6.07, 6.45) is 1.93. The van der Waals surface area contributed by atoms with Crippen LogP contribution < -0.4 is 16.6 Å². The number of carbonyl (C=O) groups is 1. The van der Waals surface area contributed by atoms with Crippen molar-refractivity contribution in [2.75, 3.05) is 5.43 Å². The fourth-order valence-electron chi connectivity index (χ4n) is 2.50. The minimum atomic E-state index is -0.244. The third kappa shape index (κ3) is 3.49. The maximum atomic E-state index is 12.6. The molecule has 0 fully saturated rings. The van der Waals surface area contributed by atoms with Gasteiger partial charge in [-0.2, -0.15) is 0 Å². The van der Waals surface area contributed by atoms with Crippen molar-refractivity contribution in [2.24, 2.45) is 5.84 Å². The van der Waals surface area contributed by atoms with Crippen LogP contribution in [-0.2, 0) is 0 Å². The predicted molar refractivity (Wildman–Crippen MR) is 86.0 cm³/mol. The quantitative estimate of drug-likeness (QED) is 0.583. The monoisotopic (exact) mass is 286 g/mol. The first-order chi connectivity index (χ1) is 9.96. The van der Waals surface area contributed by atoms with E-state index in [1.807, 2.05) is 38.1 Å². The molecular formula is C16H22N4O. The number of pyridine rings is 1. The molecule has 1 aromatic carbocycles. The minimum Gasteiger partial charge on any atom is -0.347 e. The molecule has 2 rings (SSSR count). The molecule has 0 atom stereocenters. The summed E-state index contributed by atoms with van der Waals surface area (Å²) in [5.41, 5.74) is 3.59. The molecule has 0 aliphatic heterocycles. The van der Waals surface area contributed by atoms with Gasteiger partial charge in [-0.25, -0.2) is 10.8 Å². The number of carbonyl (C=O) groups excluding carboxylic acids is 1. The molecule has 0 saturated carbocycles. The summed E-state index contributed by atoms with van der Waals surface area (Å²) in [6.45, 7) is 6.16. The second-order valence-corrected chi connectivity index (χ2v) is 5.80. The summed E-state index contributed by atoms with van der Waals surface area (Å²) in [5.74, 6) is 5.81. The number of nitrogen functional groups attached to an aromatic ring is 1. The highest BCUT2D eigenvalue weighted by molar-refractivity contribution is 6.07. The Balaban J connectivity index is 2.42. The van der Waals surface area contributed by atoms with Gasteiger partial charge in [0, 0.05) is 10.9 Å². The highest BCUT2D eigenvalue weighted by atomic mass is 16.1. The number of amides is 1. The van der Waals surface area contributed by atoms with Gasteiger partial charge in [-0.15, -0.1) is 0 Å². The van der Waals surface area contributed by atoms with E-state index < -0.39 is 0 Å². The van der Waals surface area contributed by atoms with Gasteiger partial charge in [0.2, 0.25) is 0 Å². The molecule has 21 heavy (non-hydrogen) atoms. The van der Waals surface area contributed by atoms with Gasteiger partial charge in [-0.1, -0.05) is 31.5 Å². The number of hydrogen-bond acceptors (Lipinski definition) is 4. The van der Waals surface area contributed by atoms with Crippen LogP contribution in [0.5, 0.6) is 0 Å². The molecule has 1 amide bonds. The Bertz CT molecular complexity index is 652. The van der Waals surface area contributed by atoms with Crippen LogP contribution in [0.3, 0.4) is 0 Å². The molecule has 1 heterocycles. The van der Waals surface area contributed by atoms with Crippen LogP contribution in [0.15, 0.2) is 30.3 Å². The summed E-state index contributed by atoms with van der Waals surface area (Å²) in [6, 6.07) is 9.22. The number of hydrogen-bond donors (Lipinski definition) is 3. The normalized spacial score (nSPS) is 11.4. The molecule has 4 N–H and O–H groups in total. The number of anilines is 1. The van der Waals surface area contributed by atoms with E-state index in [4.69, 9.17) is 5.84 Å². The zero-order valence-corrected chi connectivity index (χ0v) is 12.7. The molecule has 0 saturated heterocycles. The smallest absolute Gasteiger partial charge is 0.252 e. The summed E-state index contributed by atoms with van der Waals surface area (Å²) in [7, 11) is 0. The van der Waals surface area contributed by atoms with Crippen LogP contribution >= 0.6 is 0 Å². The van der Waals surface area contributed by atoms with Gasteiger partial charge < -0.3 is 10.7 Å². The molecule has 0 aliphatic carbocycles. The molecule has 0 radical (unpaired) electrons. The molecule has 5 nitrogen and oxygen atoms in total. The number of benzene rings is 1. The van der Waals surface area contributed by atoms with Crippen molar-refractivity contribution < 1.29 is 4.79 Å². The number of nitrogens with one attached hydrogen (secondary N) is 2. The second-order valence-electron chi connectivity index (χ2n) is 5.80. The lowest BCUT2D eigenvalue weighted by atomic mass is 9.98. The van der Waals surface area contributed by atoms with Gasteiger partial charge in [0.25, 0.3) is 5.91 Å². The van der Waals surface area contributed by atoms with Crippen molar-refractivity contribution in [2.45, 2.75) is 39.2 Å². The highest BCUT2D eigenvalue weighted by Gasteiger charge is 2.21. The predicted octanol–water partition coefficient (Wildman–Crippen LogP) is 2.83. The SMILES string of the molecule is CCCC(C)(C)NC(=O)c1cc(NN)nc2ccccc12. The highest BCUT2D eigenvalue weighted by Crippen LogP contribution is 2.21. The maximum Gasteiger partial charge on any atom is 0.252 e. The molecular weight excluding hydrogens is 264 g/mol. The largest absolute Gasteiger partial charge is 0.347 e. The number of aromatic nitrogens is 1. The maximum absolute atomic E-state index is 12.6. The van der Waals surface area contributed by atoms with Gasteiger partial charge in [-0.05, 0) is 32.4 Å². The minimum absolute atomic E-state index is 0.108. The molecule has 112 valence electrons. The van der Waals surface area contributed by atoms with Crippen LogP contribution in [0.4, 0.5) is 5.82 Å². The van der Waals surface area contributed by atoms with E-state index in [1.54, 1.807) is 6.07 Å². The lowest BCUT2D eigenvalue weighted by Crippen LogP contribution is -2.43. The van der Waals surface area contributed by atoms with Crippen LogP contribution in [0.2, 0.25) is 0 Å². The number of hydrazine groups is 1.